The molecule has 230 valence electrons. The fraction of sp³-hybridized carbons (Fsp3) is 0.161. The minimum absolute atomic E-state index is 0.0778. The fourth-order valence-corrected chi connectivity index (χ4v) is 4.64. The quantitative estimate of drug-likeness (QED) is 0.113. The van der Waals surface area contributed by atoms with Crippen LogP contribution in [-0.4, -0.2) is 45.9 Å². The molecule has 0 aliphatic rings. The number of methoxy groups -OCH3 is 2. The Labute approximate surface area is 269 Å². The van der Waals surface area contributed by atoms with Gasteiger partial charge in [-0.25, -0.2) is 4.79 Å². The van der Waals surface area contributed by atoms with Crippen molar-refractivity contribution >= 4 is 63.2 Å². The predicted molar refractivity (Wildman–Crippen MR) is 181 cm³/mol. The first-order valence-electron chi connectivity index (χ1n) is 13.7. The molecule has 4 N–H and O–H groups in total. The number of nitrogens with one attached hydrogen (secondary N) is 4. The van der Waals surface area contributed by atoms with Crippen LogP contribution in [0.15, 0.2) is 82.0 Å². The summed E-state index contributed by atoms with van der Waals surface area (Å²) in [6.07, 6.45) is 0.656. The van der Waals surface area contributed by atoms with Crippen LogP contribution in [-0.2, 0) is 6.42 Å². The zero-order valence-electron chi connectivity index (χ0n) is 24.5. The van der Waals surface area contributed by atoms with Crippen molar-refractivity contribution in [2.45, 2.75) is 13.3 Å². The Kier molecular flexibility index (Phi) is 9.97. The first-order valence-corrected chi connectivity index (χ1v) is 14.5. The van der Waals surface area contributed by atoms with Crippen LogP contribution in [0.5, 0.6) is 23.3 Å². The van der Waals surface area contributed by atoms with Gasteiger partial charge in [0.1, 0.15) is 11.3 Å². The zero-order valence-corrected chi connectivity index (χ0v) is 26.2. The lowest BCUT2D eigenvalue weighted by Crippen LogP contribution is -2.31. The second-order valence-corrected chi connectivity index (χ2v) is 10.3. The maximum absolute atomic E-state index is 12.2. The van der Waals surface area contributed by atoms with Gasteiger partial charge >= 0.3 is 11.6 Å². The van der Waals surface area contributed by atoms with Crippen molar-refractivity contribution in [2.75, 3.05) is 36.7 Å². The third-order valence-electron chi connectivity index (χ3n) is 6.42. The molecule has 2 aromatic heterocycles. The Hall–Kier alpha value is -5.34. The number of fused-ring (bicyclic) bond motifs is 1. The van der Waals surface area contributed by atoms with Gasteiger partial charge < -0.3 is 39.9 Å². The van der Waals surface area contributed by atoms with Crippen LogP contribution >= 0.6 is 24.4 Å². The molecule has 0 aliphatic heterocycles. The minimum atomic E-state index is -0.585. The summed E-state index contributed by atoms with van der Waals surface area (Å²) in [6.45, 7) is 2.47. The molecule has 5 rings (SSSR count). The number of aryl methyl sites for hydroxylation is 1. The van der Waals surface area contributed by atoms with E-state index in [1.54, 1.807) is 38.5 Å². The van der Waals surface area contributed by atoms with Gasteiger partial charge in [-0.1, -0.05) is 36.4 Å². The van der Waals surface area contributed by atoms with Gasteiger partial charge in [0.15, 0.2) is 21.7 Å². The molecular weight excluding hydrogens is 615 g/mol. The molecule has 0 radical (unpaired) electrons. The largest absolute Gasteiger partial charge is 0.493 e. The Morgan fingerprint density at radius 2 is 1.51 bits per heavy atom. The van der Waals surface area contributed by atoms with Crippen LogP contribution in [0.2, 0.25) is 0 Å². The average Bonchev–Trinajstić information content (AvgIpc) is 3.02. The molecule has 3 aromatic carbocycles. The molecule has 0 fully saturated rings. The zero-order chi connectivity index (χ0) is 31.8. The van der Waals surface area contributed by atoms with Crippen molar-refractivity contribution in [1.82, 2.24) is 20.3 Å². The number of hydrogen-bond donors (Lipinski definition) is 4. The van der Waals surface area contributed by atoms with E-state index < -0.39 is 5.63 Å². The average molecular weight is 644 g/mol. The highest BCUT2D eigenvalue weighted by Crippen LogP contribution is 2.29. The lowest BCUT2D eigenvalue weighted by molar-refractivity contribution is 0.354. The highest BCUT2D eigenvalue weighted by Gasteiger charge is 2.15. The molecule has 0 aliphatic carbocycles. The van der Waals surface area contributed by atoms with Gasteiger partial charge in [0.2, 0.25) is 11.9 Å². The third-order valence-corrected chi connectivity index (χ3v) is 6.87. The Balaban J connectivity index is 1.34. The molecule has 12 nitrogen and oxygen atoms in total. The summed E-state index contributed by atoms with van der Waals surface area (Å²) in [7, 11) is 3.18. The lowest BCUT2D eigenvalue weighted by Gasteiger charge is -2.14. The van der Waals surface area contributed by atoms with Gasteiger partial charge in [-0.15, -0.1) is 0 Å². The summed E-state index contributed by atoms with van der Waals surface area (Å²) in [5, 5.41) is 13.3. The number of nitrogens with zero attached hydrogens (tertiary/aromatic N) is 3. The monoisotopic (exact) mass is 643 g/mol. The number of rotatable bonds is 10. The van der Waals surface area contributed by atoms with E-state index in [1.165, 1.54) is 6.07 Å². The Bertz CT molecular complexity index is 1920. The number of para-hydroxylation sites is 2. The van der Waals surface area contributed by atoms with Gasteiger partial charge in [0.05, 0.1) is 25.7 Å². The minimum Gasteiger partial charge on any atom is -0.493 e. The summed E-state index contributed by atoms with van der Waals surface area (Å²) in [5.41, 5.74) is 2.62. The van der Waals surface area contributed by atoms with E-state index in [1.807, 2.05) is 49.4 Å². The van der Waals surface area contributed by atoms with E-state index >= 15 is 0 Å². The molecule has 5 aromatic rings. The van der Waals surface area contributed by atoms with Gasteiger partial charge in [0, 0.05) is 12.2 Å². The smallest absolute Gasteiger partial charge is 0.339 e. The van der Waals surface area contributed by atoms with Crippen molar-refractivity contribution in [1.29, 1.82) is 0 Å². The number of hydrogen-bond acceptors (Lipinski definition) is 10. The van der Waals surface area contributed by atoms with Gasteiger partial charge in [-0.05, 0) is 79.2 Å². The summed E-state index contributed by atoms with van der Waals surface area (Å²) >= 11 is 11.0. The summed E-state index contributed by atoms with van der Waals surface area (Å²) < 4.78 is 21.9. The van der Waals surface area contributed by atoms with Crippen LogP contribution in [0.3, 0.4) is 0 Å². The first kappa shape index (κ1) is 31.1. The van der Waals surface area contributed by atoms with Crippen molar-refractivity contribution in [3.8, 4) is 23.3 Å². The fourth-order valence-electron chi connectivity index (χ4n) is 4.25. The number of ether oxygens (including phenoxy) is 3. The van der Waals surface area contributed by atoms with E-state index in [4.69, 9.17) is 43.1 Å². The second kappa shape index (κ2) is 14.4. The summed E-state index contributed by atoms with van der Waals surface area (Å²) in [6, 6.07) is 21.5. The Morgan fingerprint density at radius 1 is 0.800 bits per heavy atom. The van der Waals surface area contributed by atoms with Crippen molar-refractivity contribution in [2.24, 2.45) is 0 Å². The van der Waals surface area contributed by atoms with Crippen molar-refractivity contribution < 1.29 is 18.6 Å². The molecule has 0 amide bonds. The van der Waals surface area contributed by atoms with Crippen LogP contribution < -0.4 is 41.1 Å². The van der Waals surface area contributed by atoms with Crippen molar-refractivity contribution in [3.63, 3.8) is 0 Å². The van der Waals surface area contributed by atoms with Gasteiger partial charge in [0.25, 0.3) is 0 Å². The molecule has 0 saturated heterocycles. The number of benzene rings is 3. The van der Waals surface area contributed by atoms with E-state index in [2.05, 4.69) is 36.2 Å². The standard InChI is InChI=1S/C31H29N7O5S2/c1-18-8-4-6-10-21(18)33-31(45)38-28-34-27(37-30(44)32-15-14-19-12-13-23(40-2)25(16-19)41-3)35-29(36-28)43-24-17-26(39)42-22-11-7-5-9-20(22)24/h4-13,16-17H,14-15H2,1-3H3,(H4,32,33,34,35,36,37,38,44,45). The van der Waals surface area contributed by atoms with E-state index in [-0.39, 0.29) is 33.9 Å². The van der Waals surface area contributed by atoms with Crippen LogP contribution in [0, 0.1) is 6.92 Å². The molecule has 0 unspecified atom stereocenters. The van der Waals surface area contributed by atoms with Crippen LogP contribution in [0.1, 0.15) is 11.1 Å². The normalized spacial score (nSPS) is 10.6. The van der Waals surface area contributed by atoms with Gasteiger partial charge in [-0.3, -0.25) is 0 Å². The van der Waals surface area contributed by atoms with E-state index in [9.17, 15) is 4.79 Å². The molecule has 2 heterocycles. The van der Waals surface area contributed by atoms with E-state index in [0.717, 1.165) is 16.8 Å². The molecule has 0 spiro atoms. The third kappa shape index (κ3) is 8.19. The summed E-state index contributed by atoms with van der Waals surface area (Å²) in [5.74, 6) is 1.67. The molecule has 0 atom stereocenters. The van der Waals surface area contributed by atoms with E-state index in [0.29, 0.717) is 35.4 Å². The molecule has 0 bridgehead atoms. The van der Waals surface area contributed by atoms with Crippen LogP contribution in [0.4, 0.5) is 17.6 Å². The molecule has 14 heteroatoms. The maximum Gasteiger partial charge on any atom is 0.339 e. The first-order chi connectivity index (χ1) is 21.8. The second-order valence-electron chi connectivity index (χ2n) is 9.51. The highest BCUT2D eigenvalue weighted by atomic mass is 32.1. The highest BCUT2D eigenvalue weighted by molar-refractivity contribution is 7.80. The number of anilines is 3. The topological polar surface area (TPSA) is 145 Å². The van der Waals surface area contributed by atoms with Crippen molar-refractivity contribution in [3.05, 3.63) is 94.3 Å². The lowest BCUT2D eigenvalue weighted by atomic mass is 10.1. The predicted octanol–water partition coefficient (Wildman–Crippen LogP) is 5.43. The number of thiocarbonyl (C=S) groups is 2. The van der Waals surface area contributed by atoms with Crippen LogP contribution in [0.25, 0.3) is 11.0 Å². The molecule has 0 saturated carbocycles. The summed E-state index contributed by atoms with van der Waals surface area (Å²) in [4.78, 5) is 25.4. The van der Waals surface area contributed by atoms with Gasteiger partial charge in [-0.2, -0.15) is 15.0 Å². The number of aromatic nitrogens is 3. The molecular formula is C31H29N7O5S2. The maximum atomic E-state index is 12.2. The SMILES string of the molecule is COc1ccc(CCNC(=S)Nc2nc(NC(=S)Nc3ccccc3C)nc(Oc3cc(=O)oc4ccccc34)n2)cc1OC. The Morgan fingerprint density at radius 3 is 2.27 bits per heavy atom. The molecule has 45 heavy (non-hydrogen) atoms.